The number of furan rings is 1. The molecule has 0 radical (unpaired) electrons. The highest BCUT2D eigenvalue weighted by Gasteiger charge is 2.20. The van der Waals surface area contributed by atoms with Gasteiger partial charge in [0.15, 0.2) is 11.4 Å². The van der Waals surface area contributed by atoms with Gasteiger partial charge in [-0.15, -0.1) is 0 Å². The van der Waals surface area contributed by atoms with Gasteiger partial charge in [0.1, 0.15) is 11.8 Å². The molecule has 1 aromatic heterocycles. The molecule has 0 saturated carbocycles. The Balaban J connectivity index is 2.13. The maximum absolute atomic E-state index is 13.7. The Morgan fingerprint density at radius 1 is 1.24 bits per heavy atom. The van der Waals surface area contributed by atoms with Crippen molar-refractivity contribution in [1.82, 2.24) is 5.43 Å². The van der Waals surface area contributed by atoms with Gasteiger partial charge in [0.2, 0.25) is 0 Å². The summed E-state index contributed by atoms with van der Waals surface area (Å²) in [6, 6.07) is 11.7. The summed E-state index contributed by atoms with van der Waals surface area (Å²) >= 11 is 6.05. The van der Waals surface area contributed by atoms with E-state index in [1.165, 1.54) is 6.07 Å². The number of hydrazine groups is 1. The van der Waals surface area contributed by atoms with Crippen LogP contribution in [0.5, 0.6) is 0 Å². The lowest BCUT2D eigenvalue weighted by Crippen LogP contribution is -2.29. The minimum absolute atomic E-state index is 0.229. The molecular formula is C16H14ClFN2O. The largest absolute Gasteiger partial charge is 0.456 e. The summed E-state index contributed by atoms with van der Waals surface area (Å²) in [5, 5.41) is 1.31. The molecule has 0 fully saturated rings. The zero-order chi connectivity index (χ0) is 15.0. The van der Waals surface area contributed by atoms with Gasteiger partial charge in [-0.3, -0.25) is 5.84 Å². The summed E-state index contributed by atoms with van der Waals surface area (Å²) in [7, 11) is 0. The van der Waals surface area contributed by atoms with Crippen molar-refractivity contribution >= 4 is 22.6 Å². The van der Waals surface area contributed by atoms with E-state index in [0.29, 0.717) is 16.2 Å². The molecule has 2 aromatic carbocycles. The fraction of sp³-hybridized carbons (Fsp3) is 0.125. The summed E-state index contributed by atoms with van der Waals surface area (Å²) in [5.74, 6) is 5.82. The fourth-order valence-electron chi connectivity index (χ4n) is 2.44. The third-order valence-electron chi connectivity index (χ3n) is 3.52. The van der Waals surface area contributed by atoms with Crippen LogP contribution in [0.2, 0.25) is 5.02 Å². The number of hydrogen-bond acceptors (Lipinski definition) is 3. The van der Waals surface area contributed by atoms with Gasteiger partial charge >= 0.3 is 0 Å². The highest BCUT2D eigenvalue weighted by atomic mass is 35.5. The molecule has 0 saturated heterocycles. The summed E-state index contributed by atoms with van der Waals surface area (Å²) < 4.78 is 19.4. The zero-order valence-corrected chi connectivity index (χ0v) is 12.1. The Labute approximate surface area is 126 Å². The van der Waals surface area contributed by atoms with E-state index in [2.05, 4.69) is 5.43 Å². The topological polar surface area (TPSA) is 51.2 Å². The van der Waals surface area contributed by atoms with Gasteiger partial charge in [-0.25, -0.2) is 9.82 Å². The van der Waals surface area contributed by atoms with Gasteiger partial charge in [-0.2, -0.15) is 0 Å². The van der Waals surface area contributed by atoms with Gasteiger partial charge in [-0.05, 0) is 42.3 Å². The van der Waals surface area contributed by atoms with E-state index in [1.54, 1.807) is 18.2 Å². The molecule has 3 rings (SSSR count). The number of fused-ring (bicyclic) bond motifs is 1. The number of aryl methyl sites for hydroxylation is 1. The molecule has 0 aliphatic heterocycles. The number of benzene rings is 2. The summed E-state index contributed by atoms with van der Waals surface area (Å²) in [6.07, 6.45) is 0. The summed E-state index contributed by atoms with van der Waals surface area (Å²) in [4.78, 5) is 0. The van der Waals surface area contributed by atoms with E-state index in [1.807, 2.05) is 25.1 Å². The molecular weight excluding hydrogens is 291 g/mol. The van der Waals surface area contributed by atoms with Gasteiger partial charge in [-0.1, -0.05) is 29.8 Å². The average molecular weight is 305 g/mol. The molecule has 5 heteroatoms. The molecule has 0 aliphatic rings. The number of halogens is 2. The van der Waals surface area contributed by atoms with Crippen molar-refractivity contribution in [3.8, 4) is 0 Å². The van der Waals surface area contributed by atoms with Crippen molar-refractivity contribution in [3.05, 3.63) is 70.2 Å². The predicted molar refractivity (Wildman–Crippen MR) is 81.5 cm³/mol. The van der Waals surface area contributed by atoms with Gasteiger partial charge in [0.25, 0.3) is 0 Å². The van der Waals surface area contributed by atoms with Crippen molar-refractivity contribution in [2.75, 3.05) is 0 Å². The quantitative estimate of drug-likeness (QED) is 0.566. The van der Waals surface area contributed by atoms with Crippen LogP contribution in [0.15, 0.2) is 46.9 Å². The van der Waals surface area contributed by atoms with Crippen LogP contribution >= 0.6 is 11.6 Å². The first kappa shape index (κ1) is 14.1. The van der Waals surface area contributed by atoms with Crippen molar-refractivity contribution in [2.24, 2.45) is 5.84 Å². The Hall–Kier alpha value is -1.88. The molecule has 0 bridgehead atoms. The summed E-state index contributed by atoms with van der Waals surface area (Å²) in [6.45, 7) is 1.96. The standard InChI is InChI=1S/C16H14ClFN2O/c1-9-5-6-11(17)8-12(9)15(20-19)14-7-10-3-2-4-13(18)16(10)21-14/h2-8,15,20H,19H2,1H3. The first-order valence-corrected chi connectivity index (χ1v) is 6.88. The van der Waals surface area contributed by atoms with Crippen LogP contribution in [0.3, 0.4) is 0 Å². The van der Waals surface area contributed by atoms with Crippen LogP contribution in [0.4, 0.5) is 4.39 Å². The number of nitrogens with one attached hydrogen (secondary N) is 1. The van der Waals surface area contributed by atoms with E-state index >= 15 is 0 Å². The van der Waals surface area contributed by atoms with Crippen molar-refractivity contribution in [2.45, 2.75) is 13.0 Å². The maximum atomic E-state index is 13.7. The second-order valence-corrected chi connectivity index (χ2v) is 5.34. The van der Waals surface area contributed by atoms with Crippen LogP contribution in [-0.2, 0) is 0 Å². The van der Waals surface area contributed by atoms with Gasteiger partial charge in [0.05, 0.1) is 0 Å². The average Bonchev–Trinajstić information content (AvgIpc) is 2.89. The maximum Gasteiger partial charge on any atom is 0.169 e. The van der Waals surface area contributed by atoms with Gasteiger partial charge < -0.3 is 4.42 Å². The Kier molecular flexibility index (Phi) is 3.68. The van der Waals surface area contributed by atoms with E-state index in [4.69, 9.17) is 21.9 Å². The second kappa shape index (κ2) is 5.48. The monoisotopic (exact) mass is 304 g/mol. The molecule has 108 valence electrons. The molecule has 0 aliphatic carbocycles. The second-order valence-electron chi connectivity index (χ2n) is 4.91. The lowest BCUT2D eigenvalue weighted by atomic mass is 10.00. The Bertz CT molecular complexity index is 800. The third-order valence-corrected chi connectivity index (χ3v) is 3.75. The van der Waals surface area contributed by atoms with Crippen LogP contribution in [0.1, 0.15) is 22.9 Å². The predicted octanol–water partition coefficient (Wildman–Crippen LogP) is 4.09. The molecule has 1 unspecified atom stereocenters. The van der Waals surface area contributed by atoms with Crippen LogP contribution in [-0.4, -0.2) is 0 Å². The first-order valence-electron chi connectivity index (χ1n) is 6.50. The molecule has 0 spiro atoms. The Morgan fingerprint density at radius 2 is 2.05 bits per heavy atom. The molecule has 3 N–H and O–H groups in total. The smallest absolute Gasteiger partial charge is 0.169 e. The van der Waals surface area contributed by atoms with Crippen LogP contribution < -0.4 is 11.3 Å². The summed E-state index contributed by atoms with van der Waals surface area (Å²) in [5.41, 5.74) is 4.85. The molecule has 3 aromatic rings. The number of rotatable bonds is 3. The van der Waals surface area contributed by atoms with E-state index in [-0.39, 0.29) is 5.58 Å². The SMILES string of the molecule is Cc1ccc(Cl)cc1C(NN)c1cc2cccc(F)c2o1. The number of nitrogens with two attached hydrogens (primary N) is 1. The lowest BCUT2D eigenvalue weighted by molar-refractivity contribution is 0.464. The van der Waals surface area contributed by atoms with Crippen LogP contribution in [0.25, 0.3) is 11.0 Å². The fourth-order valence-corrected chi connectivity index (χ4v) is 2.62. The first-order chi connectivity index (χ1) is 10.1. The van der Waals surface area contributed by atoms with Crippen molar-refractivity contribution < 1.29 is 8.81 Å². The van der Waals surface area contributed by atoms with Crippen LogP contribution in [0, 0.1) is 12.7 Å². The van der Waals surface area contributed by atoms with E-state index in [0.717, 1.165) is 11.1 Å². The highest BCUT2D eigenvalue weighted by molar-refractivity contribution is 6.30. The number of para-hydroxylation sites is 1. The molecule has 1 heterocycles. The molecule has 21 heavy (non-hydrogen) atoms. The molecule has 1 atom stereocenters. The molecule has 3 nitrogen and oxygen atoms in total. The third kappa shape index (κ3) is 2.53. The van der Waals surface area contributed by atoms with Crippen molar-refractivity contribution in [1.29, 1.82) is 0 Å². The lowest BCUT2D eigenvalue weighted by Gasteiger charge is -2.16. The minimum atomic E-state index is -0.393. The zero-order valence-electron chi connectivity index (χ0n) is 11.4. The normalized spacial score (nSPS) is 12.8. The highest BCUT2D eigenvalue weighted by Crippen LogP contribution is 2.31. The molecule has 0 amide bonds. The van der Waals surface area contributed by atoms with Gasteiger partial charge in [0, 0.05) is 10.4 Å². The minimum Gasteiger partial charge on any atom is -0.456 e. The Morgan fingerprint density at radius 3 is 2.76 bits per heavy atom. The van der Waals surface area contributed by atoms with E-state index < -0.39 is 11.9 Å². The van der Waals surface area contributed by atoms with Crippen molar-refractivity contribution in [3.63, 3.8) is 0 Å². The van der Waals surface area contributed by atoms with E-state index in [9.17, 15) is 4.39 Å². The number of hydrogen-bond donors (Lipinski definition) is 2.